The van der Waals surface area contributed by atoms with Crippen molar-refractivity contribution in [1.82, 2.24) is 15.8 Å². The number of aromatic nitrogens is 1. The molecular formula is C15H25N3O2S. The fourth-order valence-corrected chi connectivity index (χ4v) is 4.20. The van der Waals surface area contributed by atoms with E-state index in [4.69, 9.17) is 4.52 Å². The zero-order valence-electron chi connectivity index (χ0n) is 13.2. The van der Waals surface area contributed by atoms with Gasteiger partial charge in [0.2, 0.25) is 0 Å². The Labute approximate surface area is 130 Å². The van der Waals surface area contributed by atoms with Gasteiger partial charge in [0, 0.05) is 16.9 Å². The average Bonchev–Trinajstić information content (AvgIpc) is 2.97. The number of aryl methyl sites for hydroxylation is 2. The molecule has 2 amide bonds. The summed E-state index contributed by atoms with van der Waals surface area (Å²) in [7, 11) is 0. The van der Waals surface area contributed by atoms with Gasteiger partial charge in [0.25, 0.3) is 0 Å². The van der Waals surface area contributed by atoms with Crippen molar-refractivity contribution >= 4 is 17.8 Å². The third-order valence-electron chi connectivity index (χ3n) is 3.99. The summed E-state index contributed by atoms with van der Waals surface area (Å²) in [5, 5.41) is 10.7. The van der Waals surface area contributed by atoms with Gasteiger partial charge in [0.05, 0.1) is 11.7 Å². The lowest BCUT2D eigenvalue weighted by molar-refractivity contribution is 0.234. The highest BCUT2D eigenvalue weighted by Crippen LogP contribution is 2.29. The van der Waals surface area contributed by atoms with Crippen LogP contribution in [0.5, 0.6) is 0 Å². The van der Waals surface area contributed by atoms with E-state index in [0.717, 1.165) is 35.6 Å². The van der Waals surface area contributed by atoms with Gasteiger partial charge in [0.1, 0.15) is 5.76 Å². The van der Waals surface area contributed by atoms with Gasteiger partial charge in [-0.2, -0.15) is 11.8 Å². The molecule has 0 unspecified atom stereocenters. The highest BCUT2D eigenvalue weighted by atomic mass is 32.2. The number of amides is 2. The summed E-state index contributed by atoms with van der Waals surface area (Å²) in [5.41, 5.74) is 1.80. The van der Waals surface area contributed by atoms with Crippen molar-refractivity contribution in [2.24, 2.45) is 0 Å². The molecule has 0 bridgehead atoms. The monoisotopic (exact) mass is 311 g/mol. The third kappa shape index (κ3) is 4.15. The highest BCUT2D eigenvalue weighted by Gasteiger charge is 2.26. The van der Waals surface area contributed by atoms with Gasteiger partial charge in [-0.25, -0.2) is 4.79 Å². The van der Waals surface area contributed by atoms with Crippen LogP contribution in [0.25, 0.3) is 0 Å². The van der Waals surface area contributed by atoms with Crippen molar-refractivity contribution in [3.8, 4) is 0 Å². The molecule has 0 aliphatic heterocycles. The Morgan fingerprint density at radius 3 is 2.86 bits per heavy atom. The lowest BCUT2D eigenvalue weighted by atomic mass is 10.1. The van der Waals surface area contributed by atoms with Crippen LogP contribution in [0.2, 0.25) is 0 Å². The van der Waals surface area contributed by atoms with Gasteiger partial charge >= 0.3 is 6.03 Å². The first kappa shape index (κ1) is 16.2. The molecule has 21 heavy (non-hydrogen) atoms. The molecule has 0 aromatic carbocycles. The molecule has 1 fully saturated rings. The van der Waals surface area contributed by atoms with E-state index in [9.17, 15) is 4.79 Å². The van der Waals surface area contributed by atoms with Crippen LogP contribution in [-0.4, -0.2) is 28.2 Å². The SMILES string of the molecule is CCS[C@@H]1CC[C@H](NC(=O)N[C@H](C)c2c(C)noc2C)C1. The summed E-state index contributed by atoms with van der Waals surface area (Å²) >= 11 is 1.99. The van der Waals surface area contributed by atoms with Gasteiger partial charge < -0.3 is 15.2 Å². The normalized spacial score (nSPS) is 23.0. The lowest BCUT2D eigenvalue weighted by Crippen LogP contribution is -2.42. The van der Waals surface area contributed by atoms with Gasteiger partial charge in [-0.1, -0.05) is 12.1 Å². The number of nitrogens with zero attached hydrogens (tertiary/aromatic N) is 1. The quantitative estimate of drug-likeness (QED) is 0.875. The Balaban J connectivity index is 1.82. The van der Waals surface area contributed by atoms with Crippen molar-refractivity contribution < 1.29 is 9.32 Å². The number of nitrogens with one attached hydrogen (secondary N) is 2. The van der Waals surface area contributed by atoms with Crippen molar-refractivity contribution in [3.05, 3.63) is 17.0 Å². The van der Waals surface area contributed by atoms with Crippen LogP contribution < -0.4 is 10.6 Å². The molecule has 6 heteroatoms. The van der Waals surface area contributed by atoms with Crippen LogP contribution in [0.3, 0.4) is 0 Å². The molecule has 1 saturated carbocycles. The predicted molar refractivity (Wildman–Crippen MR) is 85.6 cm³/mol. The third-order valence-corrected chi connectivity index (χ3v) is 5.22. The van der Waals surface area contributed by atoms with Crippen LogP contribution in [0.15, 0.2) is 4.52 Å². The van der Waals surface area contributed by atoms with Crippen LogP contribution in [0.1, 0.15) is 56.2 Å². The molecule has 2 N–H and O–H groups in total. The number of carbonyl (C=O) groups is 1. The number of thioether (sulfide) groups is 1. The van der Waals surface area contributed by atoms with Gasteiger partial charge in [0.15, 0.2) is 0 Å². The van der Waals surface area contributed by atoms with Gasteiger partial charge in [-0.15, -0.1) is 0 Å². The molecule has 1 aliphatic carbocycles. The number of carbonyl (C=O) groups excluding carboxylic acids is 1. The van der Waals surface area contributed by atoms with Crippen molar-refractivity contribution in [3.63, 3.8) is 0 Å². The molecule has 0 saturated heterocycles. The number of rotatable bonds is 5. The Morgan fingerprint density at radius 2 is 2.24 bits per heavy atom. The minimum Gasteiger partial charge on any atom is -0.361 e. The first-order valence-corrected chi connectivity index (χ1v) is 8.67. The van der Waals surface area contributed by atoms with E-state index in [0.29, 0.717) is 11.3 Å². The van der Waals surface area contributed by atoms with E-state index in [-0.39, 0.29) is 12.1 Å². The van der Waals surface area contributed by atoms with E-state index in [1.165, 1.54) is 6.42 Å². The topological polar surface area (TPSA) is 67.2 Å². The minimum absolute atomic E-state index is 0.0986. The van der Waals surface area contributed by atoms with Gasteiger partial charge in [-0.3, -0.25) is 0 Å². The summed E-state index contributed by atoms with van der Waals surface area (Å²) < 4.78 is 5.15. The zero-order valence-corrected chi connectivity index (χ0v) is 14.0. The molecule has 1 aromatic rings. The molecule has 3 atom stereocenters. The molecule has 118 valence electrons. The molecule has 1 aliphatic rings. The number of hydrogen-bond donors (Lipinski definition) is 2. The number of urea groups is 1. The largest absolute Gasteiger partial charge is 0.361 e. The lowest BCUT2D eigenvalue weighted by Gasteiger charge is -2.18. The first-order chi connectivity index (χ1) is 10.0. The van der Waals surface area contributed by atoms with E-state index in [2.05, 4.69) is 22.7 Å². The van der Waals surface area contributed by atoms with Crippen molar-refractivity contribution in [2.45, 2.75) is 64.3 Å². The highest BCUT2D eigenvalue weighted by molar-refractivity contribution is 7.99. The molecule has 0 spiro atoms. The van der Waals surface area contributed by atoms with Crippen LogP contribution in [-0.2, 0) is 0 Å². The zero-order chi connectivity index (χ0) is 15.4. The molecule has 1 heterocycles. The Kier molecular flexibility index (Phi) is 5.56. The second-order valence-electron chi connectivity index (χ2n) is 5.66. The molecular weight excluding hydrogens is 286 g/mol. The second-order valence-corrected chi connectivity index (χ2v) is 7.24. The smallest absolute Gasteiger partial charge is 0.315 e. The summed E-state index contributed by atoms with van der Waals surface area (Å²) in [6, 6.07) is 0.0963. The fraction of sp³-hybridized carbons (Fsp3) is 0.733. The Bertz CT molecular complexity index is 470. The Hall–Kier alpha value is -1.17. The average molecular weight is 311 g/mol. The predicted octanol–water partition coefficient (Wildman–Crippen LogP) is 3.33. The first-order valence-electron chi connectivity index (χ1n) is 7.62. The maximum absolute atomic E-state index is 12.1. The standard InChI is InChI=1S/C15H25N3O2S/c1-5-21-13-7-6-12(8-13)17-15(19)16-9(2)14-10(3)18-20-11(14)4/h9,12-13H,5-8H2,1-4H3,(H2,16,17,19)/t9-,12+,13-/m1/s1. The van der Waals surface area contributed by atoms with Gasteiger partial charge in [-0.05, 0) is 45.8 Å². The second kappa shape index (κ2) is 7.20. The van der Waals surface area contributed by atoms with E-state index in [1.54, 1.807) is 0 Å². The van der Waals surface area contributed by atoms with Crippen LogP contribution >= 0.6 is 11.8 Å². The summed E-state index contributed by atoms with van der Waals surface area (Å²) in [6.45, 7) is 7.90. The van der Waals surface area contributed by atoms with E-state index >= 15 is 0 Å². The maximum Gasteiger partial charge on any atom is 0.315 e. The number of hydrogen-bond acceptors (Lipinski definition) is 4. The summed E-state index contributed by atoms with van der Waals surface area (Å²) in [6.07, 6.45) is 3.35. The Morgan fingerprint density at radius 1 is 1.48 bits per heavy atom. The maximum atomic E-state index is 12.1. The summed E-state index contributed by atoms with van der Waals surface area (Å²) in [4.78, 5) is 12.1. The molecule has 1 aromatic heterocycles. The van der Waals surface area contributed by atoms with Crippen LogP contribution in [0, 0.1) is 13.8 Å². The van der Waals surface area contributed by atoms with E-state index < -0.39 is 0 Å². The fourth-order valence-electron chi connectivity index (χ4n) is 3.06. The molecule has 2 rings (SSSR count). The van der Waals surface area contributed by atoms with E-state index in [1.807, 2.05) is 32.5 Å². The van der Waals surface area contributed by atoms with Crippen molar-refractivity contribution in [2.75, 3.05) is 5.75 Å². The van der Waals surface area contributed by atoms with Crippen LogP contribution in [0.4, 0.5) is 4.79 Å². The molecule has 0 radical (unpaired) electrons. The minimum atomic E-state index is -0.102. The molecule has 5 nitrogen and oxygen atoms in total. The summed E-state index contributed by atoms with van der Waals surface area (Å²) in [5.74, 6) is 1.91. The van der Waals surface area contributed by atoms with Crippen molar-refractivity contribution in [1.29, 1.82) is 0 Å².